The van der Waals surface area contributed by atoms with Crippen LogP contribution in [0, 0.1) is 6.92 Å². The number of rotatable bonds is 7. The predicted octanol–water partition coefficient (Wildman–Crippen LogP) is 3.87. The Morgan fingerprint density at radius 1 is 0.919 bits per heavy atom. The lowest BCUT2D eigenvalue weighted by Crippen LogP contribution is -2.41. The molecule has 0 radical (unpaired) electrons. The zero-order chi connectivity index (χ0) is 25.9. The SMILES string of the molecule is CCc1cnn(Cc2cc(-n3c(=O)nc(N)n(-c4cccc(C)c4)c3=O)ccc2Oc2ccccc2)c1. The first-order valence-electron chi connectivity index (χ1n) is 11.9. The second kappa shape index (κ2) is 9.98. The van der Waals surface area contributed by atoms with Crippen molar-refractivity contribution in [3.63, 3.8) is 0 Å². The first-order valence-corrected chi connectivity index (χ1v) is 11.9. The van der Waals surface area contributed by atoms with E-state index in [1.54, 1.807) is 35.0 Å². The lowest BCUT2D eigenvalue weighted by Gasteiger charge is -2.15. The van der Waals surface area contributed by atoms with Gasteiger partial charge in [-0.2, -0.15) is 10.1 Å². The zero-order valence-corrected chi connectivity index (χ0v) is 20.5. The molecule has 0 atom stereocenters. The Morgan fingerprint density at radius 3 is 2.43 bits per heavy atom. The number of para-hydroxylation sites is 1. The number of nitrogen functional groups attached to an aromatic ring is 1. The van der Waals surface area contributed by atoms with Gasteiger partial charge >= 0.3 is 11.4 Å². The fourth-order valence-corrected chi connectivity index (χ4v) is 4.10. The molecular weight excluding hydrogens is 468 g/mol. The molecule has 0 fully saturated rings. The fraction of sp³-hybridized carbons (Fsp3) is 0.143. The molecule has 5 rings (SSSR count). The van der Waals surface area contributed by atoms with Crippen molar-refractivity contribution in [2.75, 3.05) is 5.73 Å². The van der Waals surface area contributed by atoms with E-state index >= 15 is 0 Å². The minimum absolute atomic E-state index is 0.176. The second-order valence-corrected chi connectivity index (χ2v) is 8.65. The number of ether oxygens (including phenoxy) is 1. The van der Waals surface area contributed by atoms with Crippen molar-refractivity contribution in [3.05, 3.63) is 123 Å². The van der Waals surface area contributed by atoms with E-state index in [-0.39, 0.29) is 5.95 Å². The average molecular weight is 495 g/mol. The zero-order valence-electron chi connectivity index (χ0n) is 20.5. The van der Waals surface area contributed by atoms with Gasteiger partial charge in [-0.1, -0.05) is 37.3 Å². The normalized spacial score (nSPS) is 11.0. The van der Waals surface area contributed by atoms with Gasteiger partial charge in [0.05, 0.1) is 24.1 Å². The summed E-state index contributed by atoms with van der Waals surface area (Å²) in [5.41, 5.74) is 8.29. The lowest BCUT2D eigenvalue weighted by molar-refractivity contribution is 0.472. The van der Waals surface area contributed by atoms with Gasteiger partial charge in [0.25, 0.3) is 0 Å². The number of hydrogen-bond acceptors (Lipinski definition) is 6. The third-order valence-electron chi connectivity index (χ3n) is 5.97. The van der Waals surface area contributed by atoms with E-state index < -0.39 is 11.4 Å². The highest BCUT2D eigenvalue weighted by molar-refractivity contribution is 5.47. The van der Waals surface area contributed by atoms with Crippen LogP contribution in [-0.4, -0.2) is 23.9 Å². The Morgan fingerprint density at radius 2 is 1.70 bits per heavy atom. The van der Waals surface area contributed by atoms with Gasteiger partial charge in [0.15, 0.2) is 0 Å². The molecule has 5 aromatic rings. The van der Waals surface area contributed by atoms with Crippen LogP contribution >= 0.6 is 0 Å². The fourth-order valence-electron chi connectivity index (χ4n) is 4.10. The first kappa shape index (κ1) is 23.8. The summed E-state index contributed by atoms with van der Waals surface area (Å²) in [5, 5.41) is 4.44. The van der Waals surface area contributed by atoms with Crippen LogP contribution in [0.3, 0.4) is 0 Å². The van der Waals surface area contributed by atoms with Crippen LogP contribution in [-0.2, 0) is 13.0 Å². The number of anilines is 1. The Bertz CT molecular complexity index is 1680. The van der Waals surface area contributed by atoms with Crippen molar-refractivity contribution in [3.8, 4) is 22.9 Å². The quantitative estimate of drug-likeness (QED) is 0.368. The summed E-state index contributed by atoms with van der Waals surface area (Å²) in [6, 6.07) is 21.8. The highest BCUT2D eigenvalue weighted by atomic mass is 16.5. The summed E-state index contributed by atoms with van der Waals surface area (Å²) in [7, 11) is 0. The summed E-state index contributed by atoms with van der Waals surface area (Å²) in [6.45, 7) is 4.34. The van der Waals surface area contributed by atoms with Gasteiger partial charge < -0.3 is 10.5 Å². The molecule has 0 saturated heterocycles. The molecule has 0 unspecified atom stereocenters. The molecule has 0 saturated carbocycles. The third kappa shape index (κ3) is 4.92. The Hall–Kier alpha value is -4.92. The molecule has 0 spiro atoms. The average Bonchev–Trinajstić information content (AvgIpc) is 3.33. The van der Waals surface area contributed by atoms with Gasteiger partial charge in [-0.15, -0.1) is 0 Å². The van der Waals surface area contributed by atoms with E-state index in [9.17, 15) is 9.59 Å². The maximum absolute atomic E-state index is 13.6. The Balaban J connectivity index is 1.64. The Labute approximate surface area is 213 Å². The van der Waals surface area contributed by atoms with E-state index in [0.717, 1.165) is 27.7 Å². The smallest absolute Gasteiger partial charge is 0.359 e. The minimum Gasteiger partial charge on any atom is -0.457 e. The topological polar surface area (TPSA) is 110 Å². The van der Waals surface area contributed by atoms with Gasteiger partial charge in [-0.25, -0.2) is 18.7 Å². The molecule has 9 nitrogen and oxygen atoms in total. The molecule has 2 N–H and O–H groups in total. The van der Waals surface area contributed by atoms with E-state index in [4.69, 9.17) is 10.5 Å². The van der Waals surface area contributed by atoms with Gasteiger partial charge in [-0.3, -0.25) is 4.68 Å². The van der Waals surface area contributed by atoms with Crippen LogP contribution in [0.5, 0.6) is 11.5 Å². The first-order chi connectivity index (χ1) is 17.9. The minimum atomic E-state index is -0.763. The van der Waals surface area contributed by atoms with Crippen molar-refractivity contribution < 1.29 is 4.74 Å². The highest BCUT2D eigenvalue weighted by Gasteiger charge is 2.17. The largest absolute Gasteiger partial charge is 0.457 e. The summed E-state index contributed by atoms with van der Waals surface area (Å²) >= 11 is 0. The predicted molar refractivity (Wildman–Crippen MR) is 142 cm³/mol. The van der Waals surface area contributed by atoms with Crippen molar-refractivity contribution >= 4 is 5.95 Å². The number of hydrogen-bond donors (Lipinski definition) is 1. The van der Waals surface area contributed by atoms with E-state index in [0.29, 0.717) is 29.4 Å². The monoisotopic (exact) mass is 494 g/mol. The maximum atomic E-state index is 13.6. The standard InChI is InChI=1S/C28H26N6O3/c1-3-20-16-30-32(17-20)18-21-15-23(12-13-25(21)37-24-10-5-4-6-11-24)34-27(35)31-26(29)33(28(34)36)22-9-7-8-19(2)14-22/h4-17H,3,18H2,1-2H3,(H2,29,31,35). The second-order valence-electron chi connectivity index (χ2n) is 8.65. The van der Waals surface area contributed by atoms with Crippen LogP contribution in [0.2, 0.25) is 0 Å². The van der Waals surface area contributed by atoms with Crippen molar-refractivity contribution in [2.24, 2.45) is 0 Å². The molecule has 9 heteroatoms. The van der Waals surface area contributed by atoms with Gasteiger partial charge in [0.2, 0.25) is 5.95 Å². The third-order valence-corrected chi connectivity index (χ3v) is 5.97. The summed E-state index contributed by atoms with van der Waals surface area (Å²) in [5.74, 6) is 1.07. The number of aromatic nitrogens is 5. The van der Waals surface area contributed by atoms with E-state index in [2.05, 4.69) is 17.0 Å². The molecule has 0 bridgehead atoms. The molecule has 2 heterocycles. The van der Waals surface area contributed by atoms with Gasteiger partial charge in [0.1, 0.15) is 11.5 Å². The van der Waals surface area contributed by atoms with Crippen LogP contribution in [0.1, 0.15) is 23.6 Å². The number of aryl methyl sites for hydroxylation is 2. The van der Waals surface area contributed by atoms with Crippen molar-refractivity contribution in [1.82, 2.24) is 23.9 Å². The molecule has 0 aliphatic heterocycles. The summed E-state index contributed by atoms with van der Waals surface area (Å²) in [4.78, 5) is 30.4. The van der Waals surface area contributed by atoms with Crippen molar-refractivity contribution in [1.29, 1.82) is 0 Å². The molecule has 186 valence electrons. The lowest BCUT2D eigenvalue weighted by atomic mass is 10.1. The van der Waals surface area contributed by atoms with Crippen LogP contribution in [0.25, 0.3) is 11.4 Å². The Kier molecular flexibility index (Phi) is 6.42. The van der Waals surface area contributed by atoms with E-state index in [1.807, 2.05) is 61.8 Å². The molecule has 37 heavy (non-hydrogen) atoms. The summed E-state index contributed by atoms with van der Waals surface area (Å²) < 4.78 is 10.2. The van der Waals surface area contributed by atoms with Crippen LogP contribution in [0.4, 0.5) is 5.95 Å². The number of benzene rings is 3. The van der Waals surface area contributed by atoms with Gasteiger partial charge in [0, 0.05) is 11.8 Å². The molecule has 2 aromatic heterocycles. The maximum Gasteiger partial charge on any atom is 0.359 e. The number of nitrogens with two attached hydrogens (primary N) is 1. The molecule has 0 aliphatic carbocycles. The molecule has 0 amide bonds. The highest BCUT2D eigenvalue weighted by Crippen LogP contribution is 2.28. The van der Waals surface area contributed by atoms with Crippen LogP contribution in [0.15, 0.2) is 94.8 Å². The van der Waals surface area contributed by atoms with Gasteiger partial charge in [-0.05, 0) is 66.9 Å². The van der Waals surface area contributed by atoms with Crippen LogP contribution < -0.4 is 21.9 Å². The van der Waals surface area contributed by atoms with E-state index in [1.165, 1.54) is 4.57 Å². The molecule has 3 aromatic carbocycles. The number of nitrogens with zero attached hydrogens (tertiary/aromatic N) is 5. The molecular formula is C28H26N6O3. The van der Waals surface area contributed by atoms with Crippen molar-refractivity contribution in [2.45, 2.75) is 26.8 Å². The molecule has 0 aliphatic rings. The summed E-state index contributed by atoms with van der Waals surface area (Å²) in [6.07, 6.45) is 4.63.